The first-order valence-corrected chi connectivity index (χ1v) is 7.70. The molecule has 0 aliphatic rings. The summed E-state index contributed by atoms with van der Waals surface area (Å²) in [4.78, 5) is 4.48. The molecule has 0 unspecified atom stereocenters. The Bertz CT molecular complexity index is 790. The SMILES string of the molecule is N=C(N)c1ccccc1Cn1ccnc1CCc1ccccc1. The van der Waals surface area contributed by atoms with Crippen LogP contribution in [0.15, 0.2) is 67.0 Å². The van der Waals surface area contributed by atoms with Crippen LogP contribution in [0.1, 0.15) is 22.5 Å². The van der Waals surface area contributed by atoms with E-state index in [4.69, 9.17) is 11.1 Å². The summed E-state index contributed by atoms with van der Waals surface area (Å²) in [6.45, 7) is 0.680. The number of nitrogens with zero attached hydrogens (tertiary/aromatic N) is 2. The smallest absolute Gasteiger partial charge is 0.123 e. The molecule has 0 radical (unpaired) electrons. The van der Waals surface area contributed by atoms with Crippen LogP contribution in [-0.4, -0.2) is 15.4 Å². The highest BCUT2D eigenvalue weighted by atomic mass is 15.1. The van der Waals surface area contributed by atoms with E-state index in [1.807, 2.05) is 42.7 Å². The Morgan fingerprint density at radius 3 is 2.52 bits per heavy atom. The molecule has 0 aliphatic carbocycles. The standard InChI is InChI=1S/C19H20N4/c20-19(21)17-9-5-4-8-16(17)14-23-13-12-22-18(23)11-10-15-6-2-1-3-7-15/h1-9,12-13H,10-11,14H2,(H3,20,21). The molecule has 0 fully saturated rings. The molecular weight excluding hydrogens is 284 g/mol. The lowest BCUT2D eigenvalue weighted by Crippen LogP contribution is -2.16. The Morgan fingerprint density at radius 1 is 1.00 bits per heavy atom. The van der Waals surface area contributed by atoms with Gasteiger partial charge in [-0.3, -0.25) is 5.41 Å². The number of nitrogens with one attached hydrogen (secondary N) is 1. The molecule has 0 spiro atoms. The van der Waals surface area contributed by atoms with Gasteiger partial charge in [0.05, 0.1) is 0 Å². The van der Waals surface area contributed by atoms with Crippen molar-refractivity contribution >= 4 is 5.84 Å². The van der Waals surface area contributed by atoms with E-state index in [1.165, 1.54) is 5.56 Å². The van der Waals surface area contributed by atoms with E-state index in [9.17, 15) is 0 Å². The van der Waals surface area contributed by atoms with Gasteiger partial charge in [-0.15, -0.1) is 0 Å². The van der Waals surface area contributed by atoms with Crippen molar-refractivity contribution < 1.29 is 0 Å². The highest BCUT2D eigenvalue weighted by Gasteiger charge is 2.08. The van der Waals surface area contributed by atoms with Gasteiger partial charge in [0.25, 0.3) is 0 Å². The summed E-state index contributed by atoms with van der Waals surface area (Å²) in [5.41, 5.74) is 8.81. The van der Waals surface area contributed by atoms with Gasteiger partial charge in [0.15, 0.2) is 0 Å². The monoisotopic (exact) mass is 304 g/mol. The van der Waals surface area contributed by atoms with Crippen molar-refractivity contribution in [3.63, 3.8) is 0 Å². The maximum Gasteiger partial charge on any atom is 0.123 e. The van der Waals surface area contributed by atoms with E-state index in [1.54, 1.807) is 0 Å². The largest absolute Gasteiger partial charge is 0.384 e. The number of amidine groups is 1. The molecule has 1 heterocycles. The molecule has 0 bridgehead atoms. The predicted molar refractivity (Wildman–Crippen MR) is 92.6 cm³/mol. The number of rotatable bonds is 6. The summed E-state index contributed by atoms with van der Waals surface area (Å²) in [5, 5.41) is 7.70. The average molecular weight is 304 g/mol. The third-order valence-corrected chi connectivity index (χ3v) is 3.93. The molecule has 3 rings (SSSR count). The lowest BCUT2D eigenvalue weighted by Gasteiger charge is -2.11. The zero-order valence-corrected chi connectivity index (χ0v) is 12.9. The van der Waals surface area contributed by atoms with Crippen molar-refractivity contribution in [2.45, 2.75) is 19.4 Å². The maximum absolute atomic E-state index is 7.70. The number of nitrogen functional groups attached to an aromatic ring is 1. The lowest BCUT2D eigenvalue weighted by atomic mass is 10.1. The molecule has 0 aliphatic heterocycles. The first-order chi connectivity index (χ1) is 11.2. The average Bonchev–Trinajstić information content (AvgIpc) is 3.01. The van der Waals surface area contributed by atoms with Crippen molar-refractivity contribution in [3.8, 4) is 0 Å². The number of aromatic nitrogens is 2. The molecule has 116 valence electrons. The zero-order chi connectivity index (χ0) is 16.1. The summed E-state index contributed by atoms with van der Waals surface area (Å²) < 4.78 is 2.13. The second-order valence-electron chi connectivity index (χ2n) is 5.53. The molecule has 1 aromatic heterocycles. The molecular formula is C19H20N4. The second-order valence-corrected chi connectivity index (χ2v) is 5.53. The Morgan fingerprint density at radius 2 is 1.74 bits per heavy atom. The number of nitrogens with two attached hydrogens (primary N) is 1. The molecule has 3 N–H and O–H groups in total. The van der Waals surface area contributed by atoms with E-state index in [0.29, 0.717) is 6.54 Å². The number of aryl methyl sites for hydroxylation is 2. The quantitative estimate of drug-likeness (QED) is 0.543. The second kappa shape index (κ2) is 6.92. The highest BCUT2D eigenvalue weighted by Crippen LogP contribution is 2.13. The molecule has 4 nitrogen and oxygen atoms in total. The van der Waals surface area contributed by atoms with Crippen LogP contribution in [0.5, 0.6) is 0 Å². The fourth-order valence-electron chi connectivity index (χ4n) is 2.72. The molecule has 23 heavy (non-hydrogen) atoms. The minimum Gasteiger partial charge on any atom is -0.384 e. The van der Waals surface area contributed by atoms with Crippen LogP contribution in [-0.2, 0) is 19.4 Å². The minimum absolute atomic E-state index is 0.103. The van der Waals surface area contributed by atoms with Crippen LogP contribution in [0, 0.1) is 5.41 Å². The molecule has 0 atom stereocenters. The molecule has 3 aromatic rings. The number of imidazole rings is 1. The third-order valence-electron chi connectivity index (χ3n) is 3.93. The Labute approximate surface area is 136 Å². The van der Waals surface area contributed by atoms with Crippen molar-refractivity contribution in [1.82, 2.24) is 9.55 Å². The van der Waals surface area contributed by atoms with Gasteiger partial charge in [-0.25, -0.2) is 4.98 Å². The van der Waals surface area contributed by atoms with Crippen LogP contribution < -0.4 is 5.73 Å². The molecule has 0 saturated carbocycles. The van der Waals surface area contributed by atoms with Crippen LogP contribution in [0.25, 0.3) is 0 Å². The van der Waals surface area contributed by atoms with Gasteiger partial charge in [0, 0.05) is 30.9 Å². The van der Waals surface area contributed by atoms with Crippen LogP contribution in [0.2, 0.25) is 0 Å². The normalized spacial score (nSPS) is 10.6. The number of benzene rings is 2. The van der Waals surface area contributed by atoms with Crippen LogP contribution in [0.3, 0.4) is 0 Å². The van der Waals surface area contributed by atoms with E-state index < -0.39 is 0 Å². The third kappa shape index (κ3) is 3.66. The Balaban J connectivity index is 1.75. The van der Waals surface area contributed by atoms with Gasteiger partial charge in [0.2, 0.25) is 0 Å². The van der Waals surface area contributed by atoms with Gasteiger partial charge < -0.3 is 10.3 Å². The summed E-state index contributed by atoms with van der Waals surface area (Å²) in [6.07, 6.45) is 5.67. The summed E-state index contributed by atoms with van der Waals surface area (Å²) in [7, 11) is 0. The fourth-order valence-corrected chi connectivity index (χ4v) is 2.72. The number of hydrogen-bond acceptors (Lipinski definition) is 2. The molecule has 0 saturated heterocycles. The van der Waals surface area contributed by atoms with Crippen molar-refractivity contribution in [2.24, 2.45) is 5.73 Å². The van der Waals surface area contributed by atoms with E-state index >= 15 is 0 Å². The number of hydrogen-bond donors (Lipinski definition) is 2. The highest BCUT2D eigenvalue weighted by molar-refractivity contribution is 5.96. The van der Waals surface area contributed by atoms with Gasteiger partial charge in [-0.05, 0) is 17.5 Å². The van der Waals surface area contributed by atoms with Gasteiger partial charge in [-0.2, -0.15) is 0 Å². The lowest BCUT2D eigenvalue weighted by molar-refractivity contribution is 0.711. The zero-order valence-electron chi connectivity index (χ0n) is 12.9. The first kappa shape index (κ1) is 15.0. The van der Waals surface area contributed by atoms with Crippen molar-refractivity contribution in [3.05, 3.63) is 89.5 Å². The topological polar surface area (TPSA) is 67.7 Å². The summed E-state index contributed by atoms with van der Waals surface area (Å²) in [6, 6.07) is 18.2. The van der Waals surface area contributed by atoms with Crippen LogP contribution in [0.4, 0.5) is 0 Å². The summed E-state index contributed by atoms with van der Waals surface area (Å²) >= 11 is 0. The molecule has 4 heteroatoms. The van der Waals surface area contributed by atoms with E-state index in [-0.39, 0.29) is 5.84 Å². The first-order valence-electron chi connectivity index (χ1n) is 7.70. The van der Waals surface area contributed by atoms with Crippen LogP contribution >= 0.6 is 0 Å². The van der Waals surface area contributed by atoms with E-state index in [0.717, 1.165) is 29.8 Å². The Hall–Kier alpha value is -2.88. The fraction of sp³-hybridized carbons (Fsp3) is 0.158. The summed E-state index contributed by atoms with van der Waals surface area (Å²) in [5.74, 6) is 1.15. The van der Waals surface area contributed by atoms with Gasteiger partial charge >= 0.3 is 0 Å². The van der Waals surface area contributed by atoms with E-state index in [2.05, 4.69) is 33.8 Å². The maximum atomic E-state index is 7.70. The van der Waals surface area contributed by atoms with Crippen molar-refractivity contribution in [2.75, 3.05) is 0 Å². The van der Waals surface area contributed by atoms with Crippen molar-refractivity contribution in [1.29, 1.82) is 5.41 Å². The predicted octanol–water partition coefficient (Wildman–Crippen LogP) is 3.00. The van der Waals surface area contributed by atoms with Gasteiger partial charge in [-0.1, -0.05) is 54.6 Å². The minimum atomic E-state index is 0.103. The Kier molecular flexibility index (Phi) is 4.52. The van der Waals surface area contributed by atoms with Gasteiger partial charge in [0.1, 0.15) is 11.7 Å². The molecule has 2 aromatic carbocycles. The molecule has 0 amide bonds.